The molecule has 2 fully saturated rings. The second-order valence-electron chi connectivity index (χ2n) is 5.96. The molecular weight excluding hydrogens is 314 g/mol. The number of hydrogen-bond donors (Lipinski definition) is 1. The second kappa shape index (κ2) is 5.70. The fourth-order valence-electron chi connectivity index (χ4n) is 3.29. The Hall–Kier alpha value is -2.77. The van der Waals surface area contributed by atoms with Crippen LogP contribution in [0.5, 0.6) is 11.5 Å². The highest BCUT2D eigenvalue weighted by Crippen LogP contribution is 2.32. The van der Waals surface area contributed by atoms with Gasteiger partial charge in [-0.05, 0) is 25.0 Å². The van der Waals surface area contributed by atoms with Crippen LogP contribution in [0.3, 0.4) is 0 Å². The molecule has 0 aromatic heterocycles. The molecule has 24 heavy (non-hydrogen) atoms. The van der Waals surface area contributed by atoms with E-state index in [0.29, 0.717) is 43.4 Å². The number of benzene rings is 1. The molecule has 1 atom stereocenters. The van der Waals surface area contributed by atoms with E-state index < -0.39 is 5.91 Å². The minimum Gasteiger partial charge on any atom is -0.486 e. The summed E-state index contributed by atoms with van der Waals surface area (Å²) in [6, 6.07) is 4.31. The van der Waals surface area contributed by atoms with Crippen LogP contribution in [0.15, 0.2) is 18.2 Å². The molecule has 8 heteroatoms. The SMILES string of the molecule is O=C(CN1C(=O)[C@H]2CCCN2C1=O)Nc1ccc2c(c1)OCCO2. The third-order valence-electron chi connectivity index (χ3n) is 4.41. The Morgan fingerprint density at radius 1 is 1.21 bits per heavy atom. The number of nitrogens with one attached hydrogen (secondary N) is 1. The van der Waals surface area contributed by atoms with Crippen LogP contribution in [0.25, 0.3) is 0 Å². The molecule has 0 unspecified atom stereocenters. The van der Waals surface area contributed by atoms with Gasteiger partial charge in [0.15, 0.2) is 11.5 Å². The Kier molecular flexibility index (Phi) is 3.51. The summed E-state index contributed by atoms with van der Waals surface area (Å²) in [4.78, 5) is 39.2. The molecule has 4 amide bonds. The van der Waals surface area contributed by atoms with Crippen molar-refractivity contribution in [3.05, 3.63) is 18.2 Å². The monoisotopic (exact) mass is 331 g/mol. The molecule has 0 radical (unpaired) electrons. The fraction of sp³-hybridized carbons (Fsp3) is 0.438. The van der Waals surface area contributed by atoms with Gasteiger partial charge in [-0.2, -0.15) is 0 Å². The van der Waals surface area contributed by atoms with Gasteiger partial charge in [0.05, 0.1) is 0 Å². The summed E-state index contributed by atoms with van der Waals surface area (Å²) in [5.74, 6) is 0.488. The number of fused-ring (bicyclic) bond motifs is 2. The van der Waals surface area contributed by atoms with Crippen LogP contribution in [-0.2, 0) is 9.59 Å². The lowest BCUT2D eigenvalue weighted by Crippen LogP contribution is -2.39. The summed E-state index contributed by atoms with van der Waals surface area (Å²) >= 11 is 0. The van der Waals surface area contributed by atoms with Crippen molar-refractivity contribution >= 4 is 23.5 Å². The van der Waals surface area contributed by atoms with Crippen LogP contribution in [0.4, 0.5) is 10.5 Å². The molecule has 1 N–H and O–H groups in total. The van der Waals surface area contributed by atoms with Crippen molar-refractivity contribution in [1.29, 1.82) is 0 Å². The van der Waals surface area contributed by atoms with Crippen LogP contribution >= 0.6 is 0 Å². The largest absolute Gasteiger partial charge is 0.486 e. The van der Waals surface area contributed by atoms with Gasteiger partial charge in [0.25, 0.3) is 5.91 Å². The third-order valence-corrected chi connectivity index (χ3v) is 4.41. The van der Waals surface area contributed by atoms with Gasteiger partial charge in [-0.3, -0.25) is 14.5 Å². The van der Waals surface area contributed by atoms with E-state index in [0.717, 1.165) is 11.3 Å². The van der Waals surface area contributed by atoms with Crippen LogP contribution < -0.4 is 14.8 Å². The van der Waals surface area contributed by atoms with Crippen molar-refractivity contribution in [2.45, 2.75) is 18.9 Å². The number of imide groups is 1. The number of carbonyl (C=O) groups excluding carboxylic acids is 3. The minimum absolute atomic E-state index is 0.279. The zero-order valence-electron chi connectivity index (χ0n) is 13.0. The highest BCUT2D eigenvalue weighted by atomic mass is 16.6. The quantitative estimate of drug-likeness (QED) is 0.829. The first-order valence-corrected chi connectivity index (χ1v) is 7.95. The van der Waals surface area contributed by atoms with Crippen LogP contribution in [0.2, 0.25) is 0 Å². The predicted molar refractivity (Wildman–Crippen MR) is 82.9 cm³/mol. The maximum absolute atomic E-state index is 12.2. The van der Waals surface area contributed by atoms with Gasteiger partial charge >= 0.3 is 6.03 Å². The lowest BCUT2D eigenvalue weighted by atomic mass is 10.2. The molecule has 0 saturated carbocycles. The van der Waals surface area contributed by atoms with Crippen LogP contribution in [-0.4, -0.2) is 60.0 Å². The van der Waals surface area contributed by atoms with Crippen molar-refractivity contribution in [2.24, 2.45) is 0 Å². The lowest BCUT2D eigenvalue weighted by molar-refractivity contribution is -0.131. The average molecular weight is 331 g/mol. The lowest BCUT2D eigenvalue weighted by Gasteiger charge is -2.19. The molecule has 2 saturated heterocycles. The minimum atomic E-state index is -0.422. The summed E-state index contributed by atoms with van der Waals surface area (Å²) in [5.41, 5.74) is 0.531. The molecular formula is C16H17N3O5. The molecule has 4 rings (SSSR count). The van der Waals surface area contributed by atoms with E-state index in [1.807, 2.05) is 0 Å². The molecule has 0 aliphatic carbocycles. The Morgan fingerprint density at radius 2 is 2.00 bits per heavy atom. The van der Waals surface area contributed by atoms with Gasteiger partial charge < -0.3 is 19.7 Å². The van der Waals surface area contributed by atoms with E-state index in [9.17, 15) is 14.4 Å². The molecule has 1 aromatic carbocycles. The summed E-state index contributed by atoms with van der Waals surface area (Å²) < 4.78 is 10.9. The van der Waals surface area contributed by atoms with Crippen LogP contribution in [0.1, 0.15) is 12.8 Å². The van der Waals surface area contributed by atoms with Gasteiger partial charge in [0.2, 0.25) is 5.91 Å². The zero-order valence-corrected chi connectivity index (χ0v) is 13.0. The fourth-order valence-corrected chi connectivity index (χ4v) is 3.29. The van der Waals surface area contributed by atoms with Crippen molar-refractivity contribution in [3.63, 3.8) is 0 Å². The van der Waals surface area contributed by atoms with Gasteiger partial charge in [-0.1, -0.05) is 0 Å². The first-order chi connectivity index (χ1) is 11.6. The number of urea groups is 1. The Labute approximate surface area is 138 Å². The van der Waals surface area contributed by atoms with E-state index in [-0.39, 0.29) is 24.5 Å². The molecule has 126 valence electrons. The number of rotatable bonds is 3. The van der Waals surface area contributed by atoms with Crippen LogP contribution in [0, 0.1) is 0 Å². The summed E-state index contributed by atoms with van der Waals surface area (Å²) in [5, 5.41) is 2.69. The number of ether oxygens (including phenoxy) is 2. The molecule has 0 bridgehead atoms. The first-order valence-electron chi connectivity index (χ1n) is 7.95. The van der Waals surface area contributed by atoms with Gasteiger partial charge in [-0.15, -0.1) is 0 Å². The van der Waals surface area contributed by atoms with Crippen molar-refractivity contribution in [2.75, 3.05) is 31.6 Å². The Bertz CT molecular complexity index is 698. The molecule has 1 aromatic rings. The van der Waals surface area contributed by atoms with E-state index in [2.05, 4.69) is 5.32 Å². The smallest absolute Gasteiger partial charge is 0.327 e. The number of anilines is 1. The highest BCUT2D eigenvalue weighted by Gasteiger charge is 2.47. The standard InChI is InChI=1S/C16H17N3O5/c20-14(9-19-15(21)11-2-1-5-18(11)16(19)22)17-10-3-4-12-13(8-10)24-7-6-23-12/h3-4,8,11H,1-2,5-7,9H2,(H,17,20)/t11-/m1/s1. The second-order valence-corrected chi connectivity index (χ2v) is 5.96. The van der Waals surface area contributed by atoms with E-state index >= 15 is 0 Å². The van der Waals surface area contributed by atoms with Gasteiger partial charge in [0.1, 0.15) is 25.8 Å². The first kappa shape index (κ1) is 14.8. The molecule has 0 spiro atoms. The van der Waals surface area contributed by atoms with E-state index in [1.165, 1.54) is 0 Å². The molecule has 3 aliphatic heterocycles. The number of hydrogen-bond acceptors (Lipinski definition) is 5. The van der Waals surface area contributed by atoms with E-state index in [1.54, 1.807) is 23.1 Å². The summed E-state index contributed by atoms with van der Waals surface area (Å²) in [6.45, 7) is 1.25. The average Bonchev–Trinajstić information content (AvgIpc) is 3.15. The number of amides is 4. The Morgan fingerprint density at radius 3 is 2.79 bits per heavy atom. The van der Waals surface area contributed by atoms with Crippen molar-refractivity contribution in [3.8, 4) is 11.5 Å². The predicted octanol–water partition coefficient (Wildman–Crippen LogP) is 0.823. The molecule has 3 heterocycles. The number of nitrogens with zero attached hydrogens (tertiary/aromatic N) is 2. The topological polar surface area (TPSA) is 88.2 Å². The maximum Gasteiger partial charge on any atom is 0.327 e. The molecule has 8 nitrogen and oxygen atoms in total. The Balaban J connectivity index is 1.42. The van der Waals surface area contributed by atoms with E-state index in [4.69, 9.17) is 9.47 Å². The maximum atomic E-state index is 12.2. The van der Waals surface area contributed by atoms with Gasteiger partial charge in [-0.25, -0.2) is 4.79 Å². The highest BCUT2D eigenvalue weighted by molar-refractivity contribution is 6.08. The van der Waals surface area contributed by atoms with Crippen molar-refractivity contribution < 1.29 is 23.9 Å². The molecule has 3 aliphatic rings. The summed E-state index contributed by atoms with van der Waals surface area (Å²) in [6.07, 6.45) is 1.50. The van der Waals surface area contributed by atoms with Gasteiger partial charge in [0, 0.05) is 18.3 Å². The summed E-state index contributed by atoms with van der Waals surface area (Å²) in [7, 11) is 0. The zero-order chi connectivity index (χ0) is 16.7. The van der Waals surface area contributed by atoms with Crippen molar-refractivity contribution in [1.82, 2.24) is 9.80 Å². The third kappa shape index (κ3) is 2.44. The number of carbonyl (C=O) groups is 3. The normalized spacial score (nSPS) is 21.9.